The highest BCUT2D eigenvalue weighted by atomic mass is 16.5. The van der Waals surface area contributed by atoms with Gasteiger partial charge in [-0.25, -0.2) is 9.97 Å². The van der Waals surface area contributed by atoms with Gasteiger partial charge in [0.1, 0.15) is 17.9 Å². The maximum absolute atomic E-state index is 10.9. The Morgan fingerprint density at radius 1 is 1.26 bits per heavy atom. The van der Waals surface area contributed by atoms with Crippen molar-refractivity contribution in [3.8, 4) is 0 Å². The Bertz CT molecular complexity index is 708. The third-order valence-corrected chi connectivity index (χ3v) is 3.97. The number of nitrogens with zero attached hydrogens (tertiary/aromatic N) is 3. The van der Waals surface area contributed by atoms with Crippen molar-refractivity contribution < 1.29 is 9.53 Å². The molecule has 0 radical (unpaired) electrons. The summed E-state index contributed by atoms with van der Waals surface area (Å²) >= 11 is 0. The minimum absolute atomic E-state index is 0.268. The predicted molar refractivity (Wildman–Crippen MR) is 89.8 cm³/mol. The van der Waals surface area contributed by atoms with E-state index >= 15 is 0 Å². The van der Waals surface area contributed by atoms with Crippen molar-refractivity contribution in [3.05, 3.63) is 17.1 Å². The largest absolute Gasteiger partial charge is 0.382 e. The van der Waals surface area contributed by atoms with Crippen molar-refractivity contribution in [1.29, 1.82) is 0 Å². The Balaban J connectivity index is 2.38. The number of carbonyl (C=O) groups excluding carboxylic acids is 1. The standard InChI is InChI=1S/C16H25N5O2/c1-4-23-9-13-20-14-15(10(2)11(3)19-16(14)18)21(13)8-6-5-7-12(17)22/h4-9H2,1-3H3,(H2,17,22)(H2,18,19). The van der Waals surface area contributed by atoms with Crippen LogP contribution in [0.3, 0.4) is 0 Å². The lowest BCUT2D eigenvalue weighted by Gasteiger charge is -2.11. The molecule has 7 nitrogen and oxygen atoms in total. The van der Waals surface area contributed by atoms with Crippen LogP contribution in [0.15, 0.2) is 0 Å². The Morgan fingerprint density at radius 2 is 2.00 bits per heavy atom. The Labute approximate surface area is 136 Å². The van der Waals surface area contributed by atoms with Crippen LogP contribution >= 0.6 is 0 Å². The number of anilines is 1. The normalized spacial score (nSPS) is 11.3. The first-order chi connectivity index (χ1) is 11.0. The summed E-state index contributed by atoms with van der Waals surface area (Å²) in [4.78, 5) is 19.9. The van der Waals surface area contributed by atoms with Crippen LogP contribution < -0.4 is 11.5 Å². The van der Waals surface area contributed by atoms with Gasteiger partial charge in [0.2, 0.25) is 5.91 Å². The summed E-state index contributed by atoms with van der Waals surface area (Å²) in [5.41, 5.74) is 14.9. The summed E-state index contributed by atoms with van der Waals surface area (Å²) in [5.74, 6) is 1.01. The van der Waals surface area contributed by atoms with Crippen molar-refractivity contribution in [1.82, 2.24) is 14.5 Å². The number of aromatic nitrogens is 3. The van der Waals surface area contributed by atoms with Gasteiger partial charge in [-0.15, -0.1) is 0 Å². The Morgan fingerprint density at radius 3 is 2.65 bits per heavy atom. The average molecular weight is 319 g/mol. The molecule has 0 aromatic carbocycles. The first-order valence-corrected chi connectivity index (χ1v) is 7.93. The van der Waals surface area contributed by atoms with E-state index in [0.717, 1.165) is 47.5 Å². The molecule has 126 valence electrons. The molecule has 0 saturated heterocycles. The molecular weight excluding hydrogens is 294 g/mol. The zero-order chi connectivity index (χ0) is 17.0. The van der Waals surface area contributed by atoms with Gasteiger partial charge in [-0.1, -0.05) is 0 Å². The highest BCUT2D eigenvalue weighted by Crippen LogP contribution is 2.26. The van der Waals surface area contributed by atoms with E-state index in [4.69, 9.17) is 16.2 Å². The second-order valence-corrected chi connectivity index (χ2v) is 5.64. The van der Waals surface area contributed by atoms with E-state index in [2.05, 4.69) is 14.5 Å². The molecule has 0 fully saturated rings. The molecule has 2 aromatic rings. The first kappa shape index (κ1) is 17.2. The molecule has 0 aliphatic rings. The van der Waals surface area contributed by atoms with Crippen LogP contribution in [0, 0.1) is 13.8 Å². The number of carbonyl (C=O) groups is 1. The van der Waals surface area contributed by atoms with E-state index in [9.17, 15) is 4.79 Å². The summed E-state index contributed by atoms with van der Waals surface area (Å²) in [6.07, 6.45) is 1.99. The van der Waals surface area contributed by atoms with Crippen LogP contribution in [0.4, 0.5) is 5.82 Å². The molecule has 23 heavy (non-hydrogen) atoms. The van der Waals surface area contributed by atoms with Crippen LogP contribution in [-0.4, -0.2) is 27.0 Å². The number of hydrogen-bond donors (Lipinski definition) is 2. The Kier molecular flexibility index (Phi) is 5.54. The second kappa shape index (κ2) is 7.41. The van der Waals surface area contributed by atoms with Gasteiger partial charge in [0.25, 0.3) is 0 Å². The van der Waals surface area contributed by atoms with Crippen molar-refractivity contribution in [2.24, 2.45) is 5.73 Å². The molecule has 0 spiro atoms. The zero-order valence-corrected chi connectivity index (χ0v) is 14.1. The molecule has 1 amide bonds. The fourth-order valence-electron chi connectivity index (χ4n) is 2.66. The summed E-state index contributed by atoms with van der Waals surface area (Å²) in [6, 6.07) is 0. The van der Waals surface area contributed by atoms with Gasteiger partial charge in [-0.05, 0) is 39.2 Å². The average Bonchev–Trinajstić information content (AvgIpc) is 2.86. The maximum Gasteiger partial charge on any atom is 0.217 e. The van der Waals surface area contributed by atoms with Gasteiger partial charge in [0.05, 0.1) is 5.52 Å². The molecule has 0 aliphatic heterocycles. The molecule has 0 bridgehead atoms. The summed E-state index contributed by atoms with van der Waals surface area (Å²) in [7, 11) is 0. The SMILES string of the molecule is CCOCc1nc2c(N)nc(C)c(C)c2n1CCCCC(N)=O. The number of nitrogens with two attached hydrogens (primary N) is 2. The highest BCUT2D eigenvalue weighted by molar-refractivity contribution is 5.88. The molecule has 0 unspecified atom stereocenters. The van der Waals surface area contributed by atoms with Crippen LogP contribution in [0.2, 0.25) is 0 Å². The number of ether oxygens (including phenoxy) is 1. The highest BCUT2D eigenvalue weighted by Gasteiger charge is 2.17. The molecule has 2 aromatic heterocycles. The quantitative estimate of drug-likeness (QED) is 0.721. The Hall–Kier alpha value is -2.15. The van der Waals surface area contributed by atoms with Gasteiger partial charge in [0.15, 0.2) is 5.82 Å². The minimum atomic E-state index is -0.268. The lowest BCUT2D eigenvalue weighted by atomic mass is 10.2. The minimum Gasteiger partial charge on any atom is -0.382 e. The van der Waals surface area contributed by atoms with Gasteiger partial charge in [0, 0.05) is 25.3 Å². The van der Waals surface area contributed by atoms with E-state index in [1.807, 2.05) is 20.8 Å². The molecule has 2 rings (SSSR count). The zero-order valence-electron chi connectivity index (χ0n) is 14.1. The molecule has 2 heterocycles. The monoisotopic (exact) mass is 319 g/mol. The number of aryl methyl sites for hydroxylation is 3. The molecule has 0 saturated carbocycles. The van der Waals surface area contributed by atoms with E-state index in [1.54, 1.807) is 0 Å². The number of rotatable bonds is 8. The second-order valence-electron chi connectivity index (χ2n) is 5.64. The third kappa shape index (κ3) is 3.79. The van der Waals surface area contributed by atoms with Gasteiger partial charge in [-0.3, -0.25) is 4.79 Å². The number of amides is 1. The van der Waals surface area contributed by atoms with Crippen molar-refractivity contribution in [2.75, 3.05) is 12.3 Å². The summed E-state index contributed by atoms with van der Waals surface area (Å²) < 4.78 is 7.66. The fraction of sp³-hybridized carbons (Fsp3) is 0.562. The smallest absolute Gasteiger partial charge is 0.217 e. The van der Waals surface area contributed by atoms with Crippen molar-refractivity contribution in [2.45, 2.75) is 53.2 Å². The number of imidazole rings is 1. The maximum atomic E-state index is 10.9. The number of pyridine rings is 1. The first-order valence-electron chi connectivity index (χ1n) is 7.93. The van der Waals surface area contributed by atoms with Crippen LogP contribution in [0.5, 0.6) is 0 Å². The van der Waals surface area contributed by atoms with E-state index in [-0.39, 0.29) is 5.91 Å². The summed E-state index contributed by atoms with van der Waals surface area (Å²) in [6.45, 7) is 7.71. The van der Waals surface area contributed by atoms with Gasteiger partial charge in [-0.2, -0.15) is 0 Å². The molecule has 7 heteroatoms. The van der Waals surface area contributed by atoms with Crippen LogP contribution in [0.25, 0.3) is 11.0 Å². The van der Waals surface area contributed by atoms with E-state index in [0.29, 0.717) is 25.5 Å². The molecule has 0 atom stereocenters. The predicted octanol–water partition coefficient (Wildman–Crippen LogP) is 1.82. The number of primary amides is 1. The van der Waals surface area contributed by atoms with Crippen LogP contribution in [-0.2, 0) is 22.7 Å². The molecular formula is C16H25N5O2. The third-order valence-electron chi connectivity index (χ3n) is 3.97. The van der Waals surface area contributed by atoms with Gasteiger partial charge < -0.3 is 20.8 Å². The van der Waals surface area contributed by atoms with E-state index in [1.165, 1.54) is 0 Å². The van der Waals surface area contributed by atoms with Crippen LogP contribution in [0.1, 0.15) is 43.3 Å². The van der Waals surface area contributed by atoms with E-state index < -0.39 is 0 Å². The topological polar surface area (TPSA) is 109 Å². The lowest BCUT2D eigenvalue weighted by Crippen LogP contribution is -2.11. The number of nitrogen functional groups attached to an aromatic ring is 1. The number of unbranched alkanes of at least 4 members (excludes halogenated alkanes) is 1. The lowest BCUT2D eigenvalue weighted by molar-refractivity contribution is -0.118. The summed E-state index contributed by atoms with van der Waals surface area (Å²) in [5, 5.41) is 0. The van der Waals surface area contributed by atoms with Crippen molar-refractivity contribution in [3.63, 3.8) is 0 Å². The number of fused-ring (bicyclic) bond motifs is 1. The number of hydrogen-bond acceptors (Lipinski definition) is 5. The van der Waals surface area contributed by atoms with Gasteiger partial charge >= 0.3 is 0 Å². The molecule has 4 N–H and O–H groups in total. The fourth-order valence-corrected chi connectivity index (χ4v) is 2.66. The molecule has 0 aliphatic carbocycles. The van der Waals surface area contributed by atoms with Crippen molar-refractivity contribution >= 4 is 22.8 Å².